The zero-order valence-corrected chi connectivity index (χ0v) is 12.6. The zero-order valence-electron chi connectivity index (χ0n) is 11.8. The number of aromatic nitrogens is 3. The molecule has 0 aliphatic carbocycles. The Hall–Kier alpha value is -0.880. The summed E-state index contributed by atoms with van der Waals surface area (Å²) in [5.74, 6) is 1.02. The third-order valence-corrected chi connectivity index (χ3v) is 4.59. The molecule has 1 atom stereocenters. The Morgan fingerprint density at radius 1 is 1.26 bits per heavy atom. The van der Waals surface area contributed by atoms with Gasteiger partial charge in [0.15, 0.2) is 4.77 Å². The summed E-state index contributed by atoms with van der Waals surface area (Å²) in [5, 5.41) is 7.37. The van der Waals surface area contributed by atoms with E-state index in [0.29, 0.717) is 12.1 Å². The van der Waals surface area contributed by atoms with E-state index in [1.165, 1.54) is 32.4 Å². The van der Waals surface area contributed by atoms with Gasteiger partial charge in [0.1, 0.15) is 0 Å². The van der Waals surface area contributed by atoms with Gasteiger partial charge in [-0.15, -0.1) is 5.10 Å². The first-order valence-electron chi connectivity index (χ1n) is 7.32. The van der Waals surface area contributed by atoms with E-state index in [-0.39, 0.29) is 0 Å². The van der Waals surface area contributed by atoms with Crippen LogP contribution < -0.4 is 4.90 Å². The minimum atomic E-state index is 0.354. The Bertz CT molecular complexity index is 485. The van der Waals surface area contributed by atoms with Crippen molar-refractivity contribution in [1.82, 2.24) is 19.7 Å². The molecular weight excluding hydrogens is 258 g/mol. The molecule has 2 aliphatic rings. The molecule has 1 aromatic heterocycles. The van der Waals surface area contributed by atoms with Gasteiger partial charge in [-0.1, -0.05) is 0 Å². The van der Waals surface area contributed by atoms with Crippen LogP contribution in [0.2, 0.25) is 0 Å². The molecule has 1 aromatic rings. The number of hydrogen-bond acceptors (Lipinski definition) is 4. The monoisotopic (exact) mass is 281 g/mol. The molecule has 1 unspecified atom stereocenters. The number of aromatic amines is 1. The second kappa shape index (κ2) is 5.25. The molecule has 0 amide bonds. The summed E-state index contributed by atoms with van der Waals surface area (Å²) >= 11 is 5.33. The van der Waals surface area contributed by atoms with Crippen molar-refractivity contribution in [2.75, 3.05) is 31.1 Å². The first-order chi connectivity index (χ1) is 9.16. The van der Waals surface area contributed by atoms with Crippen molar-refractivity contribution < 1.29 is 0 Å². The maximum atomic E-state index is 5.33. The minimum Gasteiger partial charge on any atom is -0.339 e. The third kappa shape index (κ3) is 2.43. The Morgan fingerprint density at radius 2 is 2.00 bits per heavy atom. The SMILES string of the molecule is CC(C)n1c(N2CCC(N3CCCC3)C2)n[nH]c1=S. The number of likely N-dealkylation sites (tertiary alicyclic amines) is 1. The molecule has 2 aliphatic heterocycles. The lowest BCUT2D eigenvalue weighted by molar-refractivity contribution is 0.260. The fourth-order valence-corrected chi connectivity index (χ4v) is 3.65. The highest BCUT2D eigenvalue weighted by Crippen LogP contribution is 2.25. The average Bonchev–Trinajstić information content (AvgIpc) is 3.07. The summed E-state index contributed by atoms with van der Waals surface area (Å²) in [7, 11) is 0. The number of nitrogens with zero attached hydrogens (tertiary/aromatic N) is 4. The van der Waals surface area contributed by atoms with Crippen molar-refractivity contribution >= 4 is 18.2 Å². The molecule has 0 saturated carbocycles. The molecule has 0 aromatic carbocycles. The van der Waals surface area contributed by atoms with E-state index in [4.69, 9.17) is 12.2 Å². The third-order valence-electron chi connectivity index (χ3n) is 4.31. The van der Waals surface area contributed by atoms with Gasteiger partial charge < -0.3 is 4.90 Å². The molecule has 3 rings (SSSR count). The second-order valence-corrected chi connectivity index (χ2v) is 6.31. The fraction of sp³-hybridized carbons (Fsp3) is 0.846. The van der Waals surface area contributed by atoms with Crippen LogP contribution in [0.1, 0.15) is 39.2 Å². The van der Waals surface area contributed by atoms with E-state index in [1.807, 2.05) is 0 Å². The van der Waals surface area contributed by atoms with Crippen molar-refractivity contribution in [3.05, 3.63) is 4.77 Å². The van der Waals surface area contributed by atoms with E-state index in [1.54, 1.807) is 0 Å². The topological polar surface area (TPSA) is 40.1 Å². The highest BCUT2D eigenvalue weighted by atomic mass is 32.1. The molecule has 0 bridgehead atoms. The van der Waals surface area contributed by atoms with Crippen LogP contribution in [0.3, 0.4) is 0 Å². The maximum Gasteiger partial charge on any atom is 0.226 e. The fourth-order valence-electron chi connectivity index (χ4n) is 3.31. The quantitative estimate of drug-likeness (QED) is 0.862. The number of H-pyrrole nitrogens is 1. The van der Waals surface area contributed by atoms with Crippen LogP contribution in [0.4, 0.5) is 5.95 Å². The summed E-state index contributed by atoms with van der Waals surface area (Å²) in [4.78, 5) is 5.02. The van der Waals surface area contributed by atoms with Gasteiger partial charge in [0, 0.05) is 25.2 Å². The normalized spacial score (nSPS) is 24.8. The average molecular weight is 281 g/mol. The summed E-state index contributed by atoms with van der Waals surface area (Å²) in [6.45, 7) is 9.04. The number of anilines is 1. The van der Waals surface area contributed by atoms with Crippen molar-refractivity contribution in [3.8, 4) is 0 Å². The highest BCUT2D eigenvalue weighted by molar-refractivity contribution is 7.71. The van der Waals surface area contributed by atoms with E-state index in [9.17, 15) is 0 Å². The smallest absolute Gasteiger partial charge is 0.226 e. The van der Waals surface area contributed by atoms with Gasteiger partial charge in [-0.3, -0.25) is 9.47 Å². The molecule has 2 saturated heterocycles. The molecular formula is C13H23N5S. The summed E-state index contributed by atoms with van der Waals surface area (Å²) in [6, 6.07) is 1.06. The summed E-state index contributed by atoms with van der Waals surface area (Å²) in [5.41, 5.74) is 0. The second-order valence-electron chi connectivity index (χ2n) is 5.92. The van der Waals surface area contributed by atoms with Crippen molar-refractivity contribution in [2.24, 2.45) is 0 Å². The number of hydrogen-bond donors (Lipinski definition) is 1. The maximum absolute atomic E-state index is 5.33. The molecule has 0 spiro atoms. The highest BCUT2D eigenvalue weighted by Gasteiger charge is 2.31. The predicted molar refractivity (Wildman–Crippen MR) is 79.2 cm³/mol. The zero-order chi connectivity index (χ0) is 13.4. The first kappa shape index (κ1) is 13.1. The molecule has 6 heteroatoms. The largest absolute Gasteiger partial charge is 0.339 e. The number of nitrogens with one attached hydrogen (secondary N) is 1. The van der Waals surface area contributed by atoms with Crippen LogP contribution in [-0.2, 0) is 0 Å². The first-order valence-corrected chi connectivity index (χ1v) is 7.73. The number of rotatable bonds is 3. The van der Waals surface area contributed by atoms with E-state index in [0.717, 1.165) is 23.8 Å². The van der Waals surface area contributed by atoms with Crippen molar-refractivity contribution in [2.45, 2.75) is 45.2 Å². The van der Waals surface area contributed by atoms with Crippen LogP contribution in [0.25, 0.3) is 0 Å². The van der Waals surface area contributed by atoms with Crippen LogP contribution >= 0.6 is 12.2 Å². The van der Waals surface area contributed by atoms with Crippen molar-refractivity contribution in [3.63, 3.8) is 0 Å². The molecule has 19 heavy (non-hydrogen) atoms. The standard InChI is InChI=1S/C13H23N5S/c1-10(2)18-12(14-15-13(18)19)17-8-5-11(9-17)16-6-3-4-7-16/h10-11H,3-9H2,1-2H3,(H,15,19). The Balaban J connectivity index is 1.75. The lowest BCUT2D eigenvalue weighted by Crippen LogP contribution is -2.36. The molecule has 5 nitrogen and oxygen atoms in total. The predicted octanol–water partition coefficient (Wildman–Crippen LogP) is 2.20. The molecule has 0 radical (unpaired) electrons. The summed E-state index contributed by atoms with van der Waals surface area (Å²) < 4.78 is 2.86. The minimum absolute atomic E-state index is 0.354. The summed E-state index contributed by atoms with van der Waals surface area (Å²) in [6.07, 6.45) is 3.97. The van der Waals surface area contributed by atoms with Crippen LogP contribution in [0, 0.1) is 4.77 Å². The van der Waals surface area contributed by atoms with E-state index >= 15 is 0 Å². The van der Waals surface area contributed by atoms with Gasteiger partial charge in [-0.05, 0) is 58.4 Å². The van der Waals surface area contributed by atoms with Gasteiger partial charge in [0.2, 0.25) is 5.95 Å². The lowest BCUT2D eigenvalue weighted by atomic mass is 10.2. The van der Waals surface area contributed by atoms with Gasteiger partial charge in [0.05, 0.1) is 0 Å². The van der Waals surface area contributed by atoms with Gasteiger partial charge in [-0.25, -0.2) is 5.10 Å². The van der Waals surface area contributed by atoms with E-state index < -0.39 is 0 Å². The van der Waals surface area contributed by atoms with E-state index in [2.05, 4.69) is 38.4 Å². The van der Waals surface area contributed by atoms with Crippen molar-refractivity contribution in [1.29, 1.82) is 0 Å². The van der Waals surface area contributed by atoms with Crippen LogP contribution in [-0.4, -0.2) is 51.9 Å². The Morgan fingerprint density at radius 3 is 2.68 bits per heavy atom. The lowest BCUT2D eigenvalue weighted by Gasteiger charge is -2.24. The van der Waals surface area contributed by atoms with Crippen LogP contribution in [0.15, 0.2) is 0 Å². The van der Waals surface area contributed by atoms with Gasteiger partial charge in [-0.2, -0.15) is 0 Å². The molecule has 106 valence electrons. The Labute approximate surface area is 119 Å². The van der Waals surface area contributed by atoms with Gasteiger partial charge in [0.25, 0.3) is 0 Å². The van der Waals surface area contributed by atoms with Gasteiger partial charge >= 0.3 is 0 Å². The molecule has 2 fully saturated rings. The Kier molecular flexibility index (Phi) is 3.62. The molecule has 3 heterocycles. The molecule has 1 N–H and O–H groups in total. The van der Waals surface area contributed by atoms with Crippen LogP contribution in [0.5, 0.6) is 0 Å².